The normalized spacial score (nSPS) is 19.2. The number of hydrogen-bond acceptors (Lipinski definition) is 7. The first-order chi connectivity index (χ1) is 12.2. The van der Waals surface area contributed by atoms with Crippen LogP contribution in [-0.4, -0.2) is 50.5 Å². The molecule has 1 aliphatic carbocycles. The molecule has 0 saturated heterocycles. The lowest BCUT2D eigenvalue weighted by atomic mass is 9.86. The van der Waals surface area contributed by atoms with E-state index in [1.54, 1.807) is 27.4 Å². The van der Waals surface area contributed by atoms with Crippen LogP contribution in [0.2, 0.25) is 0 Å². The average molecular weight is 495 g/mol. The highest BCUT2D eigenvalue weighted by Crippen LogP contribution is 2.33. The van der Waals surface area contributed by atoms with Gasteiger partial charge in [-0.1, -0.05) is 25.8 Å². The van der Waals surface area contributed by atoms with Crippen molar-refractivity contribution < 1.29 is 5.11 Å². The van der Waals surface area contributed by atoms with Crippen LogP contribution in [0.25, 0.3) is 11.0 Å². The highest BCUT2D eigenvalue weighted by Gasteiger charge is 2.33. The number of nitrogens with zero attached hydrogens (tertiary/aromatic N) is 4. The van der Waals surface area contributed by atoms with Gasteiger partial charge in [-0.25, -0.2) is 9.97 Å². The monoisotopic (exact) mass is 495 g/mol. The Balaban J connectivity index is 0.00000109. The fraction of sp³-hybridized carbons (Fsp3) is 0.625. The van der Waals surface area contributed by atoms with Gasteiger partial charge in [-0.2, -0.15) is 0 Å². The molecular formula is C16H26IN5OS2. The summed E-state index contributed by atoms with van der Waals surface area (Å²) in [4.78, 5) is 11.2. The maximum Gasteiger partial charge on any atom is 0.156 e. The van der Waals surface area contributed by atoms with E-state index in [-0.39, 0.29) is 6.61 Å². The van der Waals surface area contributed by atoms with Crippen LogP contribution in [0.3, 0.4) is 0 Å². The largest absolute Gasteiger partial charge is 0.396 e. The quantitative estimate of drug-likeness (QED) is 0.327. The van der Waals surface area contributed by atoms with Crippen molar-refractivity contribution in [3.8, 4) is 0 Å². The Morgan fingerprint density at radius 2 is 2.16 bits per heavy atom. The van der Waals surface area contributed by atoms with Crippen molar-refractivity contribution in [1.82, 2.24) is 18.7 Å². The summed E-state index contributed by atoms with van der Waals surface area (Å²) in [5, 5.41) is 9.89. The van der Waals surface area contributed by atoms with E-state index in [0.29, 0.717) is 12.1 Å². The minimum atomic E-state index is 0.267. The molecule has 2 aromatic heterocycles. The van der Waals surface area contributed by atoms with Crippen LogP contribution in [-0.2, 0) is 0 Å². The number of halogens is 1. The minimum absolute atomic E-state index is 0.267. The third-order valence-corrected chi connectivity index (χ3v) is 6.86. The fourth-order valence-corrected chi connectivity index (χ4v) is 4.83. The Bertz CT molecular complexity index is 650. The van der Waals surface area contributed by atoms with Crippen LogP contribution in [0.4, 0.5) is 5.82 Å². The highest BCUT2D eigenvalue weighted by molar-refractivity contribution is 14.2. The zero-order chi connectivity index (χ0) is 18.2. The third-order valence-electron chi connectivity index (χ3n) is 4.15. The summed E-state index contributed by atoms with van der Waals surface area (Å²) < 4.78 is 5.53. The van der Waals surface area contributed by atoms with Gasteiger partial charge in [0.2, 0.25) is 0 Å². The topological polar surface area (TPSA) is 66.2 Å². The molecule has 0 atom stereocenters. The molecule has 0 radical (unpaired) electrons. The third kappa shape index (κ3) is 5.15. The van der Waals surface area contributed by atoms with E-state index < -0.39 is 0 Å². The van der Waals surface area contributed by atoms with E-state index in [4.69, 9.17) is 5.11 Å². The van der Waals surface area contributed by atoms with E-state index in [2.05, 4.69) is 57.9 Å². The molecule has 0 unspecified atom stereocenters. The molecule has 2 aromatic rings. The van der Waals surface area contributed by atoms with Crippen molar-refractivity contribution in [2.24, 2.45) is 0 Å². The van der Waals surface area contributed by atoms with E-state index in [1.807, 2.05) is 20.0 Å². The van der Waals surface area contributed by atoms with Crippen molar-refractivity contribution in [3.63, 3.8) is 0 Å². The molecule has 2 heterocycles. The van der Waals surface area contributed by atoms with Crippen LogP contribution in [0, 0.1) is 0 Å². The van der Waals surface area contributed by atoms with Gasteiger partial charge in [0.1, 0.15) is 12.1 Å². The van der Waals surface area contributed by atoms with E-state index in [0.717, 1.165) is 41.9 Å². The zero-order valence-corrected chi connectivity index (χ0v) is 18.6. The number of hydrogen-bond donors (Lipinski definition) is 2. The second-order valence-electron chi connectivity index (χ2n) is 5.62. The molecule has 6 nitrogen and oxygen atoms in total. The van der Waals surface area contributed by atoms with Crippen molar-refractivity contribution in [2.45, 2.75) is 45.2 Å². The number of anilines is 1. The molecule has 2 N–H and O–H groups in total. The summed E-state index contributed by atoms with van der Waals surface area (Å²) in [6.45, 7) is 4.27. The van der Waals surface area contributed by atoms with Crippen LogP contribution >= 0.6 is 42.3 Å². The van der Waals surface area contributed by atoms with Gasteiger partial charge in [-0.3, -0.25) is 8.69 Å². The first-order valence-corrected chi connectivity index (χ1v) is 12.9. The van der Waals surface area contributed by atoms with E-state index in [9.17, 15) is 0 Å². The molecule has 0 amide bonds. The maximum atomic E-state index is 8.79. The lowest BCUT2D eigenvalue weighted by Crippen LogP contribution is -2.50. The van der Waals surface area contributed by atoms with Gasteiger partial charge in [0.25, 0.3) is 0 Å². The Morgan fingerprint density at radius 3 is 2.84 bits per heavy atom. The zero-order valence-electron chi connectivity index (χ0n) is 14.9. The summed E-state index contributed by atoms with van der Waals surface area (Å²) in [6, 6.07) is 3.16. The summed E-state index contributed by atoms with van der Waals surface area (Å²) in [5.41, 5.74) is 0.967. The lowest BCUT2D eigenvalue weighted by molar-refractivity contribution is 0.295. The van der Waals surface area contributed by atoms with Crippen molar-refractivity contribution in [1.29, 1.82) is 0 Å². The number of aliphatic hydroxyl groups is 1. The molecule has 3 rings (SSSR count). The van der Waals surface area contributed by atoms with Crippen molar-refractivity contribution in [2.75, 3.05) is 24.3 Å². The van der Waals surface area contributed by atoms with E-state index in [1.165, 1.54) is 0 Å². The smallest absolute Gasteiger partial charge is 0.156 e. The molecule has 0 spiro atoms. The first kappa shape index (κ1) is 21.1. The number of rotatable bonds is 8. The molecule has 1 aliphatic rings. The molecule has 140 valence electrons. The van der Waals surface area contributed by atoms with Crippen LogP contribution in [0.1, 0.15) is 33.1 Å². The number of aliphatic hydroxyl groups excluding tert-OH is 1. The highest BCUT2D eigenvalue weighted by atomic mass is 127. The fourth-order valence-electron chi connectivity index (χ4n) is 2.74. The summed E-state index contributed by atoms with van der Waals surface area (Å²) in [5.74, 6) is 1.97. The molecule has 1 fully saturated rings. The van der Waals surface area contributed by atoms with Crippen LogP contribution in [0.5, 0.6) is 0 Å². The summed E-state index contributed by atoms with van der Waals surface area (Å²) in [6.07, 6.45) is 6.78. The Hall–Kier alpha value is -0.230. The molecule has 0 bridgehead atoms. The molecule has 0 aromatic carbocycles. The minimum Gasteiger partial charge on any atom is -0.396 e. The SMILES string of the molecule is CC.CN(c1ncnc2c1ccn2SI)C1CC(NSCCCO)C1. The maximum absolute atomic E-state index is 8.79. The van der Waals surface area contributed by atoms with Gasteiger partial charge < -0.3 is 10.0 Å². The number of nitrogens with one attached hydrogen (secondary N) is 1. The van der Waals surface area contributed by atoms with Crippen LogP contribution < -0.4 is 9.62 Å². The van der Waals surface area contributed by atoms with Gasteiger partial charge in [0.05, 0.1) is 5.39 Å². The number of fused-ring (bicyclic) bond motifs is 1. The van der Waals surface area contributed by atoms with Crippen molar-refractivity contribution >= 4 is 59.1 Å². The predicted molar refractivity (Wildman–Crippen MR) is 118 cm³/mol. The lowest BCUT2D eigenvalue weighted by Gasteiger charge is -2.42. The summed E-state index contributed by atoms with van der Waals surface area (Å²) in [7, 11) is 3.74. The Labute approximate surface area is 170 Å². The molecular weight excluding hydrogens is 469 g/mol. The van der Waals surface area contributed by atoms with Crippen LogP contribution in [0.15, 0.2) is 18.6 Å². The second kappa shape index (κ2) is 10.8. The molecule has 1 saturated carbocycles. The van der Waals surface area contributed by atoms with Gasteiger partial charge >= 0.3 is 0 Å². The molecule has 25 heavy (non-hydrogen) atoms. The second-order valence-corrected chi connectivity index (χ2v) is 8.27. The summed E-state index contributed by atoms with van der Waals surface area (Å²) >= 11 is 3.98. The van der Waals surface area contributed by atoms with Gasteiger partial charge in [-0.05, 0) is 25.3 Å². The molecule has 0 aliphatic heterocycles. The predicted octanol–water partition coefficient (Wildman–Crippen LogP) is 3.89. The van der Waals surface area contributed by atoms with Gasteiger partial charge in [-0.15, -0.1) is 0 Å². The standard InChI is InChI=1S/C14H20IN5OS2.C2H6/c1-19(11-7-10(8-11)18-22-6-2-5-21)13-12-3-4-20(23-15)14(12)17-9-16-13;1-2/h3-4,9-11,18,21H,2,5-8H2,1H3;1-2H3. The average Bonchev–Trinajstić information content (AvgIpc) is 3.04. The Morgan fingerprint density at radius 1 is 1.40 bits per heavy atom. The van der Waals surface area contributed by atoms with Gasteiger partial charge in [0.15, 0.2) is 5.65 Å². The van der Waals surface area contributed by atoms with Crippen molar-refractivity contribution in [3.05, 3.63) is 18.6 Å². The first-order valence-electron chi connectivity index (χ1n) is 8.56. The Kier molecular flexibility index (Phi) is 9.11. The number of aromatic nitrogens is 3. The molecule has 9 heteroatoms. The van der Waals surface area contributed by atoms with Gasteiger partial charge in [0, 0.05) is 68.0 Å². The van der Waals surface area contributed by atoms with E-state index >= 15 is 0 Å².